The zero-order chi connectivity index (χ0) is 25.5. The predicted octanol–water partition coefficient (Wildman–Crippen LogP) is 5.38. The lowest BCUT2D eigenvalue weighted by Gasteiger charge is -2.38. The second-order valence-electron chi connectivity index (χ2n) is 9.22. The quantitative estimate of drug-likeness (QED) is 0.333. The summed E-state index contributed by atoms with van der Waals surface area (Å²) in [5.74, 6) is 3.09. The molecule has 1 aliphatic heterocycles. The van der Waals surface area contributed by atoms with Crippen molar-refractivity contribution in [2.24, 2.45) is 0 Å². The van der Waals surface area contributed by atoms with Crippen molar-refractivity contribution in [2.45, 2.75) is 44.9 Å². The van der Waals surface area contributed by atoms with E-state index in [9.17, 15) is 5.11 Å². The molecular weight excluding hydrogens is 501 g/mol. The minimum Gasteiger partial charge on any atom is -0.493 e. The molecule has 2 aromatic carbocycles. The van der Waals surface area contributed by atoms with Crippen LogP contribution in [0.15, 0.2) is 48.8 Å². The summed E-state index contributed by atoms with van der Waals surface area (Å²) in [7, 11) is 1.66. The number of rotatable bonds is 11. The maximum absolute atomic E-state index is 11.0. The van der Waals surface area contributed by atoms with Crippen molar-refractivity contribution in [3.05, 3.63) is 70.2 Å². The van der Waals surface area contributed by atoms with E-state index in [0.29, 0.717) is 35.2 Å². The summed E-state index contributed by atoms with van der Waals surface area (Å²) in [6.45, 7) is 6.01. The molecule has 1 aliphatic rings. The summed E-state index contributed by atoms with van der Waals surface area (Å²) in [6, 6.07) is 11.2. The van der Waals surface area contributed by atoms with Gasteiger partial charge in [-0.05, 0) is 56.0 Å². The molecule has 9 heteroatoms. The third-order valence-corrected chi connectivity index (χ3v) is 7.28. The SMILES string of the molecule is COc1cc(CN2CCC(O)(COc3ccc(Cl)c(Cl)c3)CC2)ccc1OCCCn1ccnc1C. The molecule has 1 aromatic heterocycles. The Bertz CT molecular complexity index is 1150. The standard InChI is InChI=1S/C27H33Cl2N3O4/c1-20-30-10-14-32(20)11-3-15-35-25-7-4-21(16-26(25)34-2)18-31-12-8-27(33,9-13-31)19-36-22-5-6-23(28)24(29)17-22/h4-7,10,14,16-17,33H,3,8-9,11-13,15,18-19H2,1-2H3. The Kier molecular flexibility index (Phi) is 9.01. The molecule has 0 bridgehead atoms. The number of aryl methyl sites for hydroxylation is 2. The van der Waals surface area contributed by atoms with E-state index in [1.165, 1.54) is 0 Å². The van der Waals surface area contributed by atoms with Crippen LogP contribution in [0.3, 0.4) is 0 Å². The molecule has 1 saturated heterocycles. The van der Waals surface area contributed by atoms with Gasteiger partial charge in [-0.2, -0.15) is 0 Å². The number of hydrogen-bond acceptors (Lipinski definition) is 6. The average Bonchev–Trinajstić information content (AvgIpc) is 3.29. The molecule has 0 amide bonds. The molecule has 0 radical (unpaired) electrons. The highest BCUT2D eigenvalue weighted by atomic mass is 35.5. The minimum absolute atomic E-state index is 0.221. The van der Waals surface area contributed by atoms with E-state index < -0.39 is 5.60 Å². The maximum Gasteiger partial charge on any atom is 0.161 e. The van der Waals surface area contributed by atoms with Crippen LogP contribution >= 0.6 is 23.2 Å². The van der Waals surface area contributed by atoms with Crippen molar-refractivity contribution in [2.75, 3.05) is 33.4 Å². The first-order valence-electron chi connectivity index (χ1n) is 12.2. The fourth-order valence-electron chi connectivity index (χ4n) is 4.30. The van der Waals surface area contributed by atoms with Crippen molar-refractivity contribution >= 4 is 23.2 Å². The molecule has 0 unspecified atom stereocenters. The lowest BCUT2D eigenvalue weighted by atomic mass is 9.92. The molecule has 2 heterocycles. The first-order valence-corrected chi connectivity index (χ1v) is 12.9. The van der Waals surface area contributed by atoms with Crippen LogP contribution in [0.25, 0.3) is 0 Å². The topological polar surface area (TPSA) is 69.0 Å². The number of benzene rings is 2. The Balaban J connectivity index is 1.23. The van der Waals surface area contributed by atoms with E-state index in [2.05, 4.69) is 20.5 Å². The third-order valence-electron chi connectivity index (χ3n) is 6.54. The number of aliphatic hydroxyl groups is 1. The van der Waals surface area contributed by atoms with E-state index in [-0.39, 0.29) is 6.61 Å². The molecule has 0 saturated carbocycles. The largest absolute Gasteiger partial charge is 0.493 e. The van der Waals surface area contributed by atoms with Crippen LogP contribution in [0.4, 0.5) is 0 Å². The van der Waals surface area contributed by atoms with Gasteiger partial charge in [-0.15, -0.1) is 0 Å². The summed E-state index contributed by atoms with van der Waals surface area (Å²) < 4.78 is 19.5. The number of halogens is 2. The maximum atomic E-state index is 11.0. The average molecular weight is 534 g/mol. The molecule has 0 aliphatic carbocycles. The zero-order valence-electron chi connectivity index (χ0n) is 20.8. The summed E-state index contributed by atoms with van der Waals surface area (Å²) in [5.41, 5.74) is 0.276. The summed E-state index contributed by atoms with van der Waals surface area (Å²) in [5, 5.41) is 11.9. The van der Waals surface area contributed by atoms with Crippen molar-refractivity contribution in [1.29, 1.82) is 0 Å². The number of imidazole rings is 1. The van der Waals surface area contributed by atoms with E-state index >= 15 is 0 Å². The number of hydrogen-bond donors (Lipinski definition) is 1. The first kappa shape index (κ1) is 26.6. The van der Waals surface area contributed by atoms with Crippen molar-refractivity contribution in [1.82, 2.24) is 14.5 Å². The second kappa shape index (κ2) is 12.2. The molecule has 3 aromatic rings. The van der Waals surface area contributed by atoms with Crippen LogP contribution < -0.4 is 14.2 Å². The van der Waals surface area contributed by atoms with Gasteiger partial charge in [0.15, 0.2) is 11.5 Å². The Morgan fingerprint density at radius 3 is 2.53 bits per heavy atom. The van der Waals surface area contributed by atoms with Gasteiger partial charge in [0.25, 0.3) is 0 Å². The second-order valence-corrected chi connectivity index (χ2v) is 10.0. The number of aromatic nitrogens is 2. The van der Waals surface area contributed by atoms with Crippen molar-refractivity contribution in [3.63, 3.8) is 0 Å². The molecule has 7 nitrogen and oxygen atoms in total. The fraction of sp³-hybridized carbons (Fsp3) is 0.444. The highest BCUT2D eigenvalue weighted by Gasteiger charge is 2.33. The Morgan fingerprint density at radius 1 is 1.03 bits per heavy atom. The van der Waals surface area contributed by atoms with E-state index in [1.807, 2.05) is 31.5 Å². The number of ether oxygens (including phenoxy) is 3. The molecule has 36 heavy (non-hydrogen) atoms. The van der Waals surface area contributed by atoms with Crippen molar-refractivity contribution < 1.29 is 19.3 Å². The summed E-state index contributed by atoms with van der Waals surface area (Å²) in [4.78, 5) is 6.57. The minimum atomic E-state index is -0.868. The first-order chi connectivity index (χ1) is 17.3. The molecule has 0 spiro atoms. The Hall–Kier alpha value is -2.45. The molecular formula is C27H33Cl2N3O4. The predicted molar refractivity (Wildman–Crippen MR) is 141 cm³/mol. The Morgan fingerprint density at radius 2 is 1.83 bits per heavy atom. The van der Waals surface area contributed by atoms with Crippen molar-refractivity contribution in [3.8, 4) is 17.2 Å². The van der Waals surface area contributed by atoms with Crippen LogP contribution in [0.1, 0.15) is 30.7 Å². The molecule has 4 rings (SSSR count). The smallest absolute Gasteiger partial charge is 0.161 e. The highest BCUT2D eigenvalue weighted by molar-refractivity contribution is 6.42. The fourth-order valence-corrected chi connectivity index (χ4v) is 4.59. The van der Waals surface area contributed by atoms with Gasteiger partial charge < -0.3 is 23.9 Å². The van der Waals surface area contributed by atoms with Crippen LogP contribution in [0.5, 0.6) is 17.2 Å². The van der Waals surface area contributed by atoms with Gasteiger partial charge in [0.05, 0.1) is 23.8 Å². The number of nitrogens with zero attached hydrogens (tertiary/aromatic N) is 3. The van der Waals surface area contributed by atoms with Gasteiger partial charge in [0.2, 0.25) is 0 Å². The lowest BCUT2D eigenvalue weighted by Crippen LogP contribution is -2.47. The number of likely N-dealkylation sites (tertiary alicyclic amines) is 1. The number of piperidine rings is 1. The molecule has 194 valence electrons. The van der Waals surface area contributed by atoms with Gasteiger partial charge >= 0.3 is 0 Å². The van der Waals surface area contributed by atoms with Crippen LogP contribution in [-0.2, 0) is 13.1 Å². The van der Waals surface area contributed by atoms with Crippen LogP contribution in [0, 0.1) is 6.92 Å². The van der Waals surface area contributed by atoms with Gasteiger partial charge in [-0.3, -0.25) is 4.90 Å². The van der Waals surface area contributed by atoms with Gasteiger partial charge in [-0.1, -0.05) is 29.3 Å². The van der Waals surface area contributed by atoms with Crippen LogP contribution in [0.2, 0.25) is 10.0 Å². The van der Waals surface area contributed by atoms with Gasteiger partial charge in [0, 0.05) is 44.6 Å². The highest BCUT2D eigenvalue weighted by Crippen LogP contribution is 2.31. The third kappa shape index (κ3) is 7.07. The monoisotopic (exact) mass is 533 g/mol. The zero-order valence-corrected chi connectivity index (χ0v) is 22.3. The Labute approximate surface area is 222 Å². The van der Waals surface area contributed by atoms with Gasteiger partial charge in [0.1, 0.15) is 23.8 Å². The summed E-state index contributed by atoms with van der Waals surface area (Å²) >= 11 is 12.0. The molecule has 1 fully saturated rings. The lowest BCUT2D eigenvalue weighted by molar-refractivity contribution is -0.0537. The molecule has 1 N–H and O–H groups in total. The van der Waals surface area contributed by atoms with Gasteiger partial charge in [-0.25, -0.2) is 4.98 Å². The van der Waals surface area contributed by atoms with E-state index in [4.69, 9.17) is 37.4 Å². The molecule has 0 atom stereocenters. The van der Waals surface area contributed by atoms with E-state index in [1.54, 1.807) is 25.3 Å². The van der Waals surface area contributed by atoms with Crippen LogP contribution in [-0.4, -0.2) is 58.6 Å². The normalized spacial score (nSPS) is 15.6. The summed E-state index contributed by atoms with van der Waals surface area (Å²) in [6.07, 6.45) is 5.93. The number of methoxy groups -OCH3 is 1. The van der Waals surface area contributed by atoms with E-state index in [0.717, 1.165) is 55.5 Å².